The van der Waals surface area contributed by atoms with Crippen LogP contribution in [0.25, 0.3) is 33.1 Å². The predicted octanol–water partition coefficient (Wildman–Crippen LogP) is 4.45. The molecule has 2 saturated heterocycles. The number of H-pyrrole nitrogens is 1. The average molecular weight is 550 g/mol. The second-order valence-electron chi connectivity index (χ2n) is 10.4. The largest absolute Gasteiger partial charge is 0.472 e. The SMILES string of the molecule is C=CC(=O)N1CC(Cn2c(=O)c(OC[C@@H]3CCCN3C)nc3cc(-c4cc(F)cc5[nH]ccc45)c(Cl)cc32)C1. The lowest BCUT2D eigenvalue weighted by molar-refractivity contribution is -0.132. The van der Waals surface area contributed by atoms with Crippen molar-refractivity contribution >= 4 is 39.4 Å². The third-order valence-electron chi connectivity index (χ3n) is 7.90. The molecule has 39 heavy (non-hydrogen) atoms. The van der Waals surface area contributed by atoms with Crippen LogP contribution in [-0.4, -0.2) is 69.6 Å². The Morgan fingerprint density at radius 2 is 2.10 bits per heavy atom. The molecule has 202 valence electrons. The van der Waals surface area contributed by atoms with E-state index in [-0.39, 0.29) is 35.1 Å². The summed E-state index contributed by atoms with van der Waals surface area (Å²) in [6.07, 6.45) is 5.14. The Morgan fingerprint density at radius 3 is 2.85 bits per heavy atom. The molecule has 0 bridgehead atoms. The smallest absolute Gasteiger partial charge is 0.313 e. The molecule has 6 rings (SSSR count). The third kappa shape index (κ3) is 4.70. The van der Waals surface area contributed by atoms with Gasteiger partial charge in [0, 0.05) is 54.3 Å². The molecular formula is C29H29ClFN5O3. The van der Waals surface area contributed by atoms with E-state index in [0.717, 1.165) is 24.8 Å². The van der Waals surface area contributed by atoms with E-state index in [1.807, 2.05) is 6.07 Å². The van der Waals surface area contributed by atoms with Gasteiger partial charge in [-0.3, -0.25) is 9.59 Å². The molecule has 1 amide bonds. The number of likely N-dealkylation sites (tertiary alicyclic amines) is 2. The maximum Gasteiger partial charge on any atom is 0.313 e. The van der Waals surface area contributed by atoms with Gasteiger partial charge < -0.3 is 24.1 Å². The molecule has 8 nitrogen and oxygen atoms in total. The van der Waals surface area contributed by atoms with Crippen LogP contribution in [0.3, 0.4) is 0 Å². The van der Waals surface area contributed by atoms with Gasteiger partial charge in [0.2, 0.25) is 5.91 Å². The van der Waals surface area contributed by atoms with E-state index in [2.05, 4.69) is 28.5 Å². The lowest BCUT2D eigenvalue weighted by Crippen LogP contribution is -2.51. The van der Waals surface area contributed by atoms with Crippen LogP contribution < -0.4 is 10.3 Å². The minimum Gasteiger partial charge on any atom is -0.472 e. The summed E-state index contributed by atoms with van der Waals surface area (Å²) in [5.41, 5.74) is 2.65. The number of amides is 1. The summed E-state index contributed by atoms with van der Waals surface area (Å²) in [6.45, 7) is 6.36. The molecule has 0 unspecified atom stereocenters. The van der Waals surface area contributed by atoms with Crippen LogP contribution in [0.2, 0.25) is 5.02 Å². The van der Waals surface area contributed by atoms with Gasteiger partial charge >= 0.3 is 5.56 Å². The van der Waals surface area contributed by atoms with E-state index in [0.29, 0.717) is 58.9 Å². The number of benzene rings is 2. The van der Waals surface area contributed by atoms with Crippen LogP contribution in [0.15, 0.2) is 54.0 Å². The standard InChI is InChI=1S/C29H29ClFN5O3/c1-3-27(37)35-13-17(14-35)15-36-26-12-23(30)22(21-9-18(31)10-24-20(21)6-7-32-24)11-25(26)33-28(29(36)38)39-16-19-5-4-8-34(19)2/h3,6-7,9-12,17,19,32H,1,4-5,8,13-16H2,2H3/t19-/m0/s1. The summed E-state index contributed by atoms with van der Waals surface area (Å²) < 4.78 is 22.2. The molecule has 2 aromatic heterocycles. The molecule has 0 radical (unpaired) electrons. The molecule has 0 aliphatic carbocycles. The first kappa shape index (κ1) is 25.6. The van der Waals surface area contributed by atoms with Crippen molar-refractivity contribution in [1.29, 1.82) is 0 Å². The average Bonchev–Trinajstić information content (AvgIpc) is 3.53. The molecule has 4 aromatic rings. The van der Waals surface area contributed by atoms with Crippen LogP contribution in [0.1, 0.15) is 12.8 Å². The monoisotopic (exact) mass is 549 g/mol. The molecule has 2 aliphatic heterocycles. The zero-order valence-electron chi connectivity index (χ0n) is 21.6. The van der Waals surface area contributed by atoms with E-state index >= 15 is 0 Å². The van der Waals surface area contributed by atoms with Gasteiger partial charge in [0.25, 0.3) is 5.88 Å². The van der Waals surface area contributed by atoms with E-state index in [1.54, 1.807) is 27.8 Å². The van der Waals surface area contributed by atoms with E-state index in [4.69, 9.17) is 16.3 Å². The maximum atomic E-state index is 14.5. The van der Waals surface area contributed by atoms with Gasteiger partial charge in [-0.15, -0.1) is 0 Å². The highest BCUT2D eigenvalue weighted by Crippen LogP contribution is 2.37. The number of rotatable bonds is 7. The molecule has 0 spiro atoms. The highest BCUT2D eigenvalue weighted by Gasteiger charge is 2.31. The fraction of sp³-hybridized carbons (Fsp3) is 0.345. The fourth-order valence-electron chi connectivity index (χ4n) is 5.69. The maximum absolute atomic E-state index is 14.5. The Balaban J connectivity index is 1.43. The van der Waals surface area contributed by atoms with Gasteiger partial charge in [0.1, 0.15) is 12.4 Å². The van der Waals surface area contributed by atoms with Crippen molar-refractivity contribution in [3.05, 3.63) is 70.4 Å². The first-order chi connectivity index (χ1) is 18.8. The first-order valence-corrected chi connectivity index (χ1v) is 13.5. The first-order valence-electron chi connectivity index (χ1n) is 13.1. The number of hydrogen-bond donors (Lipinski definition) is 1. The van der Waals surface area contributed by atoms with Crippen LogP contribution in [0, 0.1) is 11.7 Å². The highest BCUT2D eigenvalue weighted by molar-refractivity contribution is 6.34. The summed E-state index contributed by atoms with van der Waals surface area (Å²) >= 11 is 6.78. The minimum absolute atomic E-state index is 0.0282. The number of aromatic nitrogens is 3. The van der Waals surface area contributed by atoms with Crippen molar-refractivity contribution in [2.45, 2.75) is 25.4 Å². The van der Waals surface area contributed by atoms with Crippen LogP contribution >= 0.6 is 11.6 Å². The molecule has 2 fully saturated rings. The Morgan fingerprint density at radius 1 is 1.28 bits per heavy atom. The minimum atomic E-state index is -0.387. The van der Waals surface area contributed by atoms with Gasteiger partial charge in [-0.1, -0.05) is 18.2 Å². The Kier molecular flexibility index (Phi) is 6.64. The van der Waals surface area contributed by atoms with E-state index in [1.165, 1.54) is 18.2 Å². The zero-order chi connectivity index (χ0) is 27.3. The molecule has 2 aliphatic rings. The number of likely N-dealkylation sites (N-methyl/N-ethyl adjacent to an activating group) is 1. The van der Waals surface area contributed by atoms with Crippen molar-refractivity contribution in [3.63, 3.8) is 0 Å². The summed E-state index contributed by atoms with van der Waals surface area (Å²) in [4.78, 5) is 37.2. The predicted molar refractivity (Wildman–Crippen MR) is 150 cm³/mol. The second kappa shape index (κ2) is 10.1. The molecule has 1 atom stereocenters. The number of halogens is 2. The lowest BCUT2D eigenvalue weighted by atomic mass is 9.99. The molecular weight excluding hydrogens is 521 g/mol. The number of nitrogens with one attached hydrogen (secondary N) is 1. The van der Waals surface area contributed by atoms with Crippen molar-refractivity contribution in [1.82, 2.24) is 24.3 Å². The van der Waals surface area contributed by atoms with Crippen LogP contribution in [0.4, 0.5) is 4.39 Å². The Bertz CT molecular complexity index is 1660. The number of ether oxygens (including phenoxy) is 1. The quantitative estimate of drug-likeness (QED) is 0.344. The summed E-state index contributed by atoms with van der Waals surface area (Å²) in [6, 6.07) is 8.48. The number of carbonyl (C=O) groups excluding carboxylic acids is 1. The highest BCUT2D eigenvalue weighted by atomic mass is 35.5. The van der Waals surface area contributed by atoms with Crippen molar-refractivity contribution < 1.29 is 13.9 Å². The zero-order valence-corrected chi connectivity index (χ0v) is 22.4. The number of nitrogens with zero attached hydrogens (tertiary/aromatic N) is 4. The van der Waals surface area contributed by atoms with Gasteiger partial charge in [-0.2, -0.15) is 0 Å². The van der Waals surface area contributed by atoms with Crippen molar-refractivity contribution in [3.8, 4) is 17.0 Å². The molecule has 1 N–H and O–H groups in total. The normalized spacial score (nSPS) is 18.1. The molecule has 2 aromatic carbocycles. The number of carbonyl (C=O) groups is 1. The molecule has 0 saturated carbocycles. The Labute approximate surface area is 229 Å². The second-order valence-corrected chi connectivity index (χ2v) is 10.9. The number of aromatic amines is 1. The molecule has 10 heteroatoms. The summed E-state index contributed by atoms with van der Waals surface area (Å²) in [7, 11) is 2.05. The van der Waals surface area contributed by atoms with Gasteiger partial charge in [-0.25, -0.2) is 9.37 Å². The topological polar surface area (TPSA) is 83.5 Å². The number of hydrogen-bond acceptors (Lipinski definition) is 5. The van der Waals surface area contributed by atoms with Crippen molar-refractivity contribution in [2.75, 3.05) is 33.3 Å². The van der Waals surface area contributed by atoms with Crippen molar-refractivity contribution in [2.24, 2.45) is 5.92 Å². The molecule has 4 heterocycles. The fourth-order valence-corrected chi connectivity index (χ4v) is 5.95. The summed E-state index contributed by atoms with van der Waals surface area (Å²) in [5.74, 6) is -0.392. The number of fused-ring (bicyclic) bond motifs is 2. The van der Waals surface area contributed by atoms with Crippen LogP contribution in [-0.2, 0) is 11.3 Å². The van der Waals surface area contributed by atoms with Gasteiger partial charge in [0.15, 0.2) is 0 Å². The lowest BCUT2D eigenvalue weighted by Gasteiger charge is -2.39. The van der Waals surface area contributed by atoms with Crippen LogP contribution in [0.5, 0.6) is 5.88 Å². The van der Waals surface area contributed by atoms with E-state index < -0.39 is 0 Å². The summed E-state index contributed by atoms with van der Waals surface area (Å²) in [5, 5.41) is 1.21. The van der Waals surface area contributed by atoms with Gasteiger partial charge in [0.05, 0.1) is 16.1 Å². The van der Waals surface area contributed by atoms with Gasteiger partial charge in [-0.05, 0) is 68.4 Å². The third-order valence-corrected chi connectivity index (χ3v) is 8.21. The Hall–Kier alpha value is -3.69. The van der Waals surface area contributed by atoms with E-state index in [9.17, 15) is 14.0 Å².